The van der Waals surface area contributed by atoms with E-state index >= 15 is 0 Å². The van der Waals surface area contributed by atoms with Gasteiger partial charge in [0, 0.05) is 0 Å². The van der Waals surface area contributed by atoms with Crippen LogP contribution in [0.25, 0.3) is 0 Å². The van der Waals surface area contributed by atoms with Gasteiger partial charge in [-0.2, -0.15) is 0 Å². The molecule has 0 aliphatic heterocycles. The molecular formula is C13H20O. The van der Waals surface area contributed by atoms with Gasteiger partial charge in [-0.1, -0.05) is 38.1 Å². The molecule has 14 heavy (non-hydrogen) atoms. The number of aliphatic hydroxyl groups excluding tert-OH is 1. The summed E-state index contributed by atoms with van der Waals surface area (Å²) < 4.78 is 0. The first kappa shape index (κ1) is 11.3. The van der Waals surface area contributed by atoms with Crippen molar-refractivity contribution in [1.29, 1.82) is 0 Å². The van der Waals surface area contributed by atoms with Crippen LogP contribution in [0.1, 0.15) is 44.2 Å². The minimum Gasteiger partial charge on any atom is -0.393 e. The zero-order valence-electron chi connectivity index (χ0n) is 9.33. The molecule has 1 N–H and O–H groups in total. The quantitative estimate of drug-likeness (QED) is 0.777. The lowest BCUT2D eigenvalue weighted by Crippen LogP contribution is -2.05. The molecule has 0 aliphatic rings. The second kappa shape index (κ2) is 5.16. The molecule has 1 aromatic carbocycles. The van der Waals surface area contributed by atoms with Crippen LogP contribution in [-0.2, 0) is 6.42 Å². The number of aliphatic hydroxyl groups is 1. The predicted octanol–water partition coefficient (Wildman–Crippen LogP) is 3.12. The van der Waals surface area contributed by atoms with Gasteiger partial charge in [0.25, 0.3) is 0 Å². The fourth-order valence-corrected chi connectivity index (χ4v) is 1.73. The van der Waals surface area contributed by atoms with Crippen LogP contribution in [-0.4, -0.2) is 11.2 Å². The molecule has 2 atom stereocenters. The van der Waals surface area contributed by atoms with Gasteiger partial charge in [-0.15, -0.1) is 0 Å². The molecule has 78 valence electrons. The lowest BCUT2D eigenvalue weighted by Gasteiger charge is -2.13. The Balaban J connectivity index is 2.66. The van der Waals surface area contributed by atoms with E-state index in [4.69, 9.17) is 0 Å². The summed E-state index contributed by atoms with van der Waals surface area (Å²) in [7, 11) is 0. The number of rotatable bonds is 4. The molecule has 1 rings (SSSR count). The van der Waals surface area contributed by atoms with E-state index in [1.165, 1.54) is 11.1 Å². The van der Waals surface area contributed by atoms with Gasteiger partial charge < -0.3 is 5.11 Å². The van der Waals surface area contributed by atoms with Gasteiger partial charge in [-0.25, -0.2) is 0 Å². The van der Waals surface area contributed by atoms with E-state index in [0.717, 1.165) is 12.8 Å². The van der Waals surface area contributed by atoms with Gasteiger partial charge in [-0.3, -0.25) is 0 Å². The Morgan fingerprint density at radius 1 is 1.14 bits per heavy atom. The third-order valence-electron chi connectivity index (χ3n) is 2.65. The summed E-state index contributed by atoms with van der Waals surface area (Å²) >= 11 is 0. The van der Waals surface area contributed by atoms with Crippen molar-refractivity contribution in [3.63, 3.8) is 0 Å². The number of hydrogen-bond donors (Lipinski definition) is 1. The van der Waals surface area contributed by atoms with Crippen LogP contribution in [0.15, 0.2) is 24.3 Å². The van der Waals surface area contributed by atoms with Crippen LogP contribution in [0.4, 0.5) is 0 Å². The van der Waals surface area contributed by atoms with Crippen LogP contribution in [0.2, 0.25) is 0 Å². The van der Waals surface area contributed by atoms with E-state index in [2.05, 4.69) is 38.1 Å². The lowest BCUT2D eigenvalue weighted by molar-refractivity contribution is 0.176. The van der Waals surface area contributed by atoms with Crippen molar-refractivity contribution in [1.82, 2.24) is 0 Å². The predicted molar refractivity (Wildman–Crippen MR) is 60.5 cm³/mol. The van der Waals surface area contributed by atoms with Crippen molar-refractivity contribution in [2.24, 2.45) is 0 Å². The summed E-state index contributed by atoms with van der Waals surface area (Å²) in [6.45, 7) is 6.17. The normalized spacial score (nSPS) is 15.1. The number of aryl methyl sites for hydroxylation is 1. The summed E-state index contributed by atoms with van der Waals surface area (Å²) in [6, 6.07) is 8.69. The van der Waals surface area contributed by atoms with Gasteiger partial charge in [0.1, 0.15) is 0 Å². The first-order valence-corrected chi connectivity index (χ1v) is 5.40. The Bertz CT molecular complexity index is 261. The van der Waals surface area contributed by atoms with Gasteiger partial charge >= 0.3 is 0 Å². The van der Waals surface area contributed by atoms with E-state index in [-0.39, 0.29) is 6.10 Å². The molecule has 0 saturated heterocycles. The van der Waals surface area contributed by atoms with Crippen molar-refractivity contribution in [2.75, 3.05) is 0 Å². The highest BCUT2D eigenvalue weighted by atomic mass is 16.3. The van der Waals surface area contributed by atoms with Crippen LogP contribution in [0, 0.1) is 0 Å². The van der Waals surface area contributed by atoms with Crippen LogP contribution in [0.5, 0.6) is 0 Å². The zero-order valence-corrected chi connectivity index (χ0v) is 9.33. The molecule has 0 amide bonds. The highest BCUT2D eigenvalue weighted by Crippen LogP contribution is 2.20. The lowest BCUT2D eigenvalue weighted by atomic mass is 9.94. The van der Waals surface area contributed by atoms with Gasteiger partial charge in [-0.05, 0) is 36.8 Å². The fraction of sp³-hybridized carbons (Fsp3) is 0.538. The van der Waals surface area contributed by atoms with Gasteiger partial charge in [0.15, 0.2) is 0 Å². The molecule has 1 aromatic rings. The summed E-state index contributed by atoms with van der Waals surface area (Å²) in [6.07, 6.45) is 1.71. The largest absolute Gasteiger partial charge is 0.393 e. The molecule has 1 nitrogen and oxygen atoms in total. The zero-order chi connectivity index (χ0) is 10.6. The third kappa shape index (κ3) is 3.15. The number of benzene rings is 1. The highest BCUT2D eigenvalue weighted by molar-refractivity contribution is 5.25. The SMILES string of the molecule is CCc1ccc(C(C)CC(C)O)cc1. The van der Waals surface area contributed by atoms with Crippen molar-refractivity contribution < 1.29 is 5.11 Å². The maximum atomic E-state index is 9.28. The average molecular weight is 192 g/mol. The summed E-state index contributed by atoms with van der Waals surface area (Å²) in [4.78, 5) is 0. The second-order valence-electron chi connectivity index (χ2n) is 4.08. The molecule has 2 unspecified atom stereocenters. The maximum Gasteiger partial charge on any atom is 0.0517 e. The smallest absolute Gasteiger partial charge is 0.0517 e. The van der Waals surface area contributed by atoms with Crippen LogP contribution < -0.4 is 0 Å². The maximum absolute atomic E-state index is 9.28. The van der Waals surface area contributed by atoms with Crippen molar-refractivity contribution in [2.45, 2.75) is 45.6 Å². The monoisotopic (exact) mass is 192 g/mol. The molecule has 1 heteroatoms. The molecular weight excluding hydrogens is 172 g/mol. The van der Waals surface area contributed by atoms with E-state index < -0.39 is 0 Å². The Morgan fingerprint density at radius 3 is 2.14 bits per heavy atom. The Labute approximate surface area is 86.8 Å². The van der Waals surface area contributed by atoms with E-state index in [0.29, 0.717) is 5.92 Å². The van der Waals surface area contributed by atoms with Crippen molar-refractivity contribution in [3.05, 3.63) is 35.4 Å². The molecule has 0 heterocycles. The Hall–Kier alpha value is -0.820. The Morgan fingerprint density at radius 2 is 1.71 bits per heavy atom. The summed E-state index contributed by atoms with van der Waals surface area (Å²) in [5, 5.41) is 9.28. The molecule has 0 radical (unpaired) electrons. The van der Waals surface area contributed by atoms with E-state index in [1.54, 1.807) is 0 Å². The number of hydrogen-bond acceptors (Lipinski definition) is 1. The molecule has 0 aliphatic carbocycles. The first-order chi connectivity index (χ1) is 6.63. The molecule has 0 saturated carbocycles. The first-order valence-electron chi connectivity index (χ1n) is 5.40. The molecule has 0 bridgehead atoms. The molecule has 0 aromatic heterocycles. The summed E-state index contributed by atoms with van der Waals surface area (Å²) in [5.41, 5.74) is 2.70. The fourth-order valence-electron chi connectivity index (χ4n) is 1.73. The van der Waals surface area contributed by atoms with Crippen LogP contribution in [0.3, 0.4) is 0 Å². The van der Waals surface area contributed by atoms with E-state index in [1.807, 2.05) is 6.92 Å². The summed E-state index contributed by atoms with van der Waals surface area (Å²) in [5.74, 6) is 0.445. The minimum absolute atomic E-state index is 0.212. The van der Waals surface area contributed by atoms with E-state index in [9.17, 15) is 5.11 Å². The second-order valence-corrected chi connectivity index (χ2v) is 4.08. The molecule has 0 fully saturated rings. The topological polar surface area (TPSA) is 20.2 Å². The van der Waals surface area contributed by atoms with Crippen molar-refractivity contribution in [3.8, 4) is 0 Å². The highest BCUT2D eigenvalue weighted by Gasteiger charge is 2.07. The standard InChI is InChI=1S/C13H20O/c1-4-12-5-7-13(8-6-12)10(2)9-11(3)14/h5-8,10-11,14H,4,9H2,1-3H3. The third-order valence-corrected chi connectivity index (χ3v) is 2.65. The van der Waals surface area contributed by atoms with Gasteiger partial charge in [0.05, 0.1) is 6.10 Å². The Kier molecular flexibility index (Phi) is 4.15. The minimum atomic E-state index is -0.212. The average Bonchev–Trinajstić information content (AvgIpc) is 2.17. The molecule has 0 spiro atoms. The van der Waals surface area contributed by atoms with Crippen molar-refractivity contribution >= 4 is 0 Å². The van der Waals surface area contributed by atoms with Gasteiger partial charge in [0.2, 0.25) is 0 Å². The van der Waals surface area contributed by atoms with Crippen LogP contribution >= 0.6 is 0 Å².